The molecule has 0 radical (unpaired) electrons. The van der Waals surface area contributed by atoms with E-state index in [0.29, 0.717) is 12.5 Å². The summed E-state index contributed by atoms with van der Waals surface area (Å²) in [5.74, 6) is 4.10. The van der Waals surface area contributed by atoms with Crippen LogP contribution in [0.3, 0.4) is 0 Å². The quantitative estimate of drug-likeness (QED) is 0.743. The van der Waals surface area contributed by atoms with Crippen LogP contribution in [-0.4, -0.2) is 29.8 Å². The molecule has 1 aromatic rings. The second-order valence-corrected chi connectivity index (χ2v) is 4.63. The van der Waals surface area contributed by atoms with Crippen LogP contribution in [0.5, 0.6) is 0 Å². The zero-order valence-corrected chi connectivity index (χ0v) is 11.5. The largest absolute Gasteiger partial charge is 0.344 e. The van der Waals surface area contributed by atoms with Gasteiger partial charge in [0, 0.05) is 13.1 Å². The van der Waals surface area contributed by atoms with Gasteiger partial charge in [0.1, 0.15) is 0 Å². The van der Waals surface area contributed by atoms with Crippen LogP contribution in [0.4, 0.5) is 5.82 Å². The SMILES string of the molecule is C#CCN(CC)c1ccc(CNCC(C)C)nn1. The van der Waals surface area contributed by atoms with Crippen molar-refractivity contribution in [3.05, 3.63) is 17.8 Å². The first kappa shape index (κ1) is 14.5. The fourth-order valence-corrected chi connectivity index (χ4v) is 1.57. The van der Waals surface area contributed by atoms with Gasteiger partial charge in [0.15, 0.2) is 5.82 Å². The molecule has 0 amide bonds. The van der Waals surface area contributed by atoms with Gasteiger partial charge in [-0.05, 0) is 31.5 Å². The lowest BCUT2D eigenvalue weighted by Crippen LogP contribution is -2.25. The van der Waals surface area contributed by atoms with Crippen LogP contribution in [0, 0.1) is 18.3 Å². The van der Waals surface area contributed by atoms with E-state index in [2.05, 4.69) is 42.2 Å². The average molecular weight is 246 g/mol. The van der Waals surface area contributed by atoms with E-state index in [9.17, 15) is 0 Å². The lowest BCUT2D eigenvalue weighted by atomic mass is 10.2. The molecule has 1 heterocycles. The Morgan fingerprint density at radius 3 is 2.67 bits per heavy atom. The highest BCUT2D eigenvalue weighted by Crippen LogP contribution is 2.08. The predicted octanol–water partition coefficient (Wildman–Crippen LogP) is 1.68. The van der Waals surface area contributed by atoms with E-state index in [1.165, 1.54) is 0 Å². The Hall–Kier alpha value is -1.60. The molecule has 0 saturated heterocycles. The lowest BCUT2D eigenvalue weighted by molar-refractivity contribution is 0.546. The number of hydrogen-bond acceptors (Lipinski definition) is 4. The van der Waals surface area contributed by atoms with Gasteiger partial charge in [-0.15, -0.1) is 11.5 Å². The molecular weight excluding hydrogens is 224 g/mol. The summed E-state index contributed by atoms with van der Waals surface area (Å²) in [5, 5.41) is 11.8. The minimum Gasteiger partial charge on any atom is -0.344 e. The standard InChI is InChI=1S/C14H22N4/c1-5-9-18(6-2)14-8-7-13(16-17-14)11-15-10-12(3)4/h1,7-8,12,15H,6,9-11H2,2-4H3. The van der Waals surface area contributed by atoms with Gasteiger partial charge in [-0.1, -0.05) is 19.8 Å². The number of rotatable bonds is 7. The molecule has 0 aliphatic rings. The van der Waals surface area contributed by atoms with Crippen molar-refractivity contribution >= 4 is 5.82 Å². The van der Waals surface area contributed by atoms with Gasteiger partial charge in [0.2, 0.25) is 0 Å². The van der Waals surface area contributed by atoms with E-state index in [1.807, 2.05) is 17.0 Å². The first-order valence-corrected chi connectivity index (χ1v) is 6.39. The van der Waals surface area contributed by atoms with Crippen LogP contribution in [-0.2, 0) is 6.54 Å². The van der Waals surface area contributed by atoms with Crippen LogP contribution >= 0.6 is 0 Å². The summed E-state index contributed by atoms with van der Waals surface area (Å²) in [6.45, 7) is 9.56. The van der Waals surface area contributed by atoms with Gasteiger partial charge >= 0.3 is 0 Å². The van der Waals surface area contributed by atoms with Crippen LogP contribution < -0.4 is 10.2 Å². The first-order valence-electron chi connectivity index (χ1n) is 6.39. The molecule has 1 aromatic heterocycles. The van der Waals surface area contributed by atoms with Crippen molar-refractivity contribution < 1.29 is 0 Å². The Morgan fingerprint density at radius 1 is 1.39 bits per heavy atom. The maximum atomic E-state index is 5.32. The molecule has 4 heteroatoms. The van der Waals surface area contributed by atoms with Crippen molar-refractivity contribution in [2.45, 2.75) is 27.3 Å². The van der Waals surface area contributed by atoms with Gasteiger partial charge in [0.05, 0.1) is 12.2 Å². The molecule has 0 saturated carbocycles. The second kappa shape index (κ2) is 7.67. The van der Waals surface area contributed by atoms with E-state index in [1.54, 1.807) is 0 Å². The second-order valence-electron chi connectivity index (χ2n) is 4.63. The molecule has 1 N–H and O–H groups in total. The molecule has 0 fully saturated rings. The maximum Gasteiger partial charge on any atom is 0.152 e. The Morgan fingerprint density at radius 2 is 2.17 bits per heavy atom. The third-order valence-electron chi connectivity index (χ3n) is 2.55. The van der Waals surface area contributed by atoms with E-state index in [0.717, 1.165) is 31.1 Å². The molecule has 18 heavy (non-hydrogen) atoms. The molecule has 0 unspecified atom stereocenters. The van der Waals surface area contributed by atoms with E-state index >= 15 is 0 Å². The van der Waals surface area contributed by atoms with Crippen molar-refractivity contribution in [2.75, 3.05) is 24.5 Å². The van der Waals surface area contributed by atoms with Crippen molar-refractivity contribution in [3.63, 3.8) is 0 Å². The fraction of sp³-hybridized carbons (Fsp3) is 0.571. The van der Waals surface area contributed by atoms with Gasteiger partial charge in [-0.3, -0.25) is 0 Å². The summed E-state index contributed by atoms with van der Waals surface area (Å²) >= 11 is 0. The molecule has 0 bridgehead atoms. The molecule has 0 spiro atoms. The number of nitrogens with zero attached hydrogens (tertiary/aromatic N) is 3. The maximum absolute atomic E-state index is 5.32. The van der Waals surface area contributed by atoms with E-state index < -0.39 is 0 Å². The molecule has 0 aliphatic carbocycles. The number of terminal acetylenes is 1. The molecule has 0 atom stereocenters. The average Bonchev–Trinajstić information content (AvgIpc) is 2.36. The van der Waals surface area contributed by atoms with Crippen molar-refractivity contribution in [2.24, 2.45) is 5.92 Å². The Balaban J connectivity index is 2.54. The number of nitrogens with one attached hydrogen (secondary N) is 1. The summed E-state index contributed by atoms with van der Waals surface area (Å²) in [7, 11) is 0. The molecular formula is C14H22N4. The summed E-state index contributed by atoms with van der Waals surface area (Å²) in [6, 6.07) is 3.97. The Bertz CT molecular complexity index is 378. The smallest absolute Gasteiger partial charge is 0.152 e. The minimum atomic E-state index is 0.566. The van der Waals surface area contributed by atoms with Gasteiger partial charge in [0.25, 0.3) is 0 Å². The van der Waals surface area contributed by atoms with Crippen LogP contribution in [0.1, 0.15) is 26.5 Å². The number of aromatic nitrogens is 2. The van der Waals surface area contributed by atoms with Gasteiger partial charge in [-0.2, -0.15) is 5.10 Å². The van der Waals surface area contributed by atoms with Crippen molar-refractivity contribution in [3.8, 4) is 12.3 Å². The number of anilines is 1. The highest BCUT2D eigenvalue weighted by Gasteiger charge is 2.05. The summed E-state index contributed by atoms with van der Waals surface area (Å²) < 4.78 is 0. The lowest BCUT2D eigenvalue weighted by Gasteiger charge is -2.18. The molecule has 0 aromatic carbocycles. The van der Waals surface area contributed by atoms with E-state index in [-0.39, 0.29) is 0 Å². The van der Waals surface area contributed by atoms with Crippen LogP contribution in [0.2, 0.25) is 0 Å². The van der Waals surface area contributed by atoms with E-state index in [4.69, 9.17) is 6.42 Å². The van der Waals surface area contributed by atoms with Crippen molar-refractivity contribution in [1.29, 1.82) is 0 Å². The number of hydrogen-bond donors (Lipinski definition) is 1. The first-order chi connectivity index (χ1) is 8.67. The van der Waals surface area contributed by atoms with Gasteiger partial charge in [-0.25, -0.2) is 0 Å². The topological polar surface area (TPSA) is 41.0 Å². The van der Waals surface area contributed by atoms with Crippen LogP contribution in [0.15, 0.2) is 12.1 Å². The normalized spacial score (nSPS) is 10.4. The monoisotopic (exact) mass is 246 g/mol. The predicted molar refractivity (Wildman–Crippen MR) is 75.3 cm³/mol. The zero-order valence-electron chi connectivity index (χ0n) is 11.5. The molecule has 1 rings (SSSR count). The fourth-order valence-electron chi connectivity index (χ4n) is 1.57. The van der Waals surface area contributed by atoms with Crippen LogP contribution in [0.25, 0.3) is 0 Å². The highest BCUT2D eigenvalue weighted by atomic mass is 15.3. The third-order valence-corrected chi connectivity index (χ3v) is 2.55. The minimum absolute atomic E-state index is 0.566. The molecule has 4 nitrogen and oxygen atoms in total. The Labute approximate surface area is 110 Å². The summed E-state index contributed by atoms with van der Waals surface area (Å²) in [5.41, 5.74) is 0.955. The van der Waals surface area contributed by atoms with Crippen molar-refractivity contribution in [1.82, 2.24) is 15.5 Å². The third kappa shape index (κ3) is 4.72. The summed E-state index contributed by atoms with van der Waals surface area (Å²) in [4.78, 5) is 2.01. The summed E-state index contributed by atoms with van der Waals surface area (Å²) in [6.07, 6.45) is 5.32. The zero-order chi connectivity index (χ0) is 13.4. The molecule has 0 aliphatic heterocycles. The highest BCUT2D eigenvalue weighted by molar-refractivity contribution is 5.38. The molecule has 98 valence electrons. The van der Waals surface area contributed by atoms with Gasteiger partial charge < -0.3 is 10.2 Å². The Kier molecular flexibility index (Phi) is 6.16.